The van der Waals surface area contributed by atoms with Gasteiger partial charge in [-0.2, -0.15) is 0 Å². The highest BCUT2D eigenvalue weighted by Crippen LogP contribution is 2.07. The molecular formula is C14H28N4O. The van der Waals surface area contributed by atoms with Crippen LogP contribution in [0.4, 0.5) is 0 Å². The summed E-state index contributed by atoms with van der Waals surface area (Å²) in [4.78, 5) is 18.2. The standard InChI is InChI=1S/C14H28N4O/c1-5-15-14(17-12(4)11(2)3)16-10-13(19)18-8-6-7-9-18/h11-12H,5-10H2,1-4H3,(H2,15,16,17). The molecule has 0 aromatic heterocycles. The van der Waals surface area contributed by atoms with Gasteiger partial charge in [-0.3, -0.25) is 4.79 Å². The highest BCUT2D eigenvalue weighted by molar-refractivity contribution is 5.85. The molecule has 0 bridgehead atoms. The third kappa shape index (κ3) is 5.49. The lowest BCUT2D eigenvalue weighted by Crippen LogP contribution is -2.44. The number of hydrogen-bond acceptors (Lipinski definition) is 2. The number of rotatable bonds is 5. The van der Waals surface area contributed by atoms with Crippen LogP contribution in [0.1, 0.15) is 40.5 Å². The van der Waals surface area contributed by atoms with Crippen molar-refractivity contribution in [2.45, 2.75) is 46.6 Å². The lowest BCUT2D eigenvalue weighted by molar-refractivity contribution is -0.128. The van der Waals surface area contributed by atoms with Gasteiger partial charge in [0, 0.05) is 25.7 Å². The molecule has 1 aliphatic heterocycles. The van der Waals surface area contributed by atoms with Crippen LogP contribution in [0.25, 0.3) is 0 Å². The summed E-state index contributed by atoms with van der Waals surface area (Å²) >= 11 is 0. The Hall–Kier alpha value is -1.26. The predicted molar refractivity (Wildman–Crippen MR) is 79.2 cm³/mol. The predicted octanol–water partition coefficient (Wildman–Crippen LogP) is 1.21. The Balaban J connectivity index is 2.49. The van der Waals surface area contributed by atoms with Gasteiger partial charge >= 0.3 is 0 Å². The van der Waals surface area contributed by atoms with Crippen LogP contribution in [0, 0.1) is 5.92 Å². The topological polar surface area (TPSA) is 56.7 Å². The van der Waals surface area contributed by atoms with Gasteiger partial charge in [-0.05, 0) is 32.6 Å². The number of carbonyl (C=O) groups excluding carboxylic acids is 1. The summed E-state index contributed by atoms with van der Waals surface area (Å²) in [7, 11) is 0. The van der Waals surface area contributed by atoms with Gasteiger partial charge in [0.2, 0.25) is 5.91 Å². The first kappa shape index (κ1) is 15.8. The molecule has 0 saturated carbocycles. The Labute approximate surface area is 116 Å². The van der Waals surface area contributed by atoms with Crippen molar-refractivity contribution < 1.29 is 4.79 Å². The van der Waals surface area contributed by atoms with Crippen molar-refractivity contribution in [3.8, 4) is 0 Å². The number of carbonyl (C=O) groups is 1. The van der Waals surface area contributed by atoms with Gasteiger partial charge in [-0.1, -0.05) is 13.8 Å². The summed E-state index contributed by atoms with van der Waals surface area (Å²) in [5, 5.41) is 6.51. The molecule has 1 fully saturated rings. The van der Waals surface area contributed by atoms with Crippen molar-refractivity contribution >= 4 is 11.9 Å². The SMILES string of the molecule is CCNC(=NCC(=O)N1CCCC1)NC(C)C(C)C. The molecule has 0 aromatic carbocycles. The maximum Gasteiger partial charge on any atom is 0.244 e. The molecule has 1 amide bonds. The van der Waals surface area contributed by atoms with E-state index in [-0.39, 0.29) is 12.5 Å². The molecule has 0 aromatic rings. The maximum absolute atomic E-state index is 11.9. The number of aliphatic imine (C=N–C) groups is 1. The van der Waals surface area contributed by atoms with E-state index < -0.39 is 0 Å². The summed E-state index contributed by atoms with van der Waals surface area (Å²) in [6.07, 6.45) is 2.25. The molecule has 2 N–H and O–H groups in total. The van der Waals surface area contributed by atoms with E-state index in [0.29, 0.717) is 12.0 Å². The van der Waals surface area contributed by atoms with Crippen molar-refractivity contribution in [2.24, 2.45) is 10.9 Å². The van der Waals surface area contributed by atoms with Gasteiger partial charge < -0.3 is 15.5 Å². The molecule has 1 atom stereocenters. The fourth-order valence-corrected chi connectivity index (χ4v) is 1.92. The molecule has 5 heteroatoms. The Morgan fingerprint density at radius 2 is 1.89 bits per heavy atom. The first-order valence-corrected chi connectivity index (χ1v) is 7.37. The van der Waals surface area contributed by atoms with Crippen LogP contribution in [-0.2, 0) is 4.79 Å². The largest absolute Gasteiger partial charge is 0.357 e. The third-order valence-electron chi connectivity index (χ3n) is 3.54. The average molecular weight is 268 g/mol. The van der Waals surface area contributed by atoms with E-state index in [1.807, 2.05) is 11.8 Å². The minimum absolute atomic E-state index is 0.131. The molecule has 1 unspecified atom stereocenters. The lowest BCUT2D eigenvalue weighted by Gasteiger charge is -2.21. The Kier molecular flexibility index (Phi) is 6.67. The summed E-state index contributed by atoms with van der Waals surface area (Å²) in [6, 6.07) is 0.333. The molecule has 19 heavy (non-hydrogen) atoms. The normalized spacial score (nSPS) is 17.7. The number of guanidine groups is 1. The highest BCUT2D eigenvalue weighted by Gasteiger charge is 2.17. The Bertz CT molecular complexity index is 309. The minimum Gasteiger partial charge on any atom is -0.357 e. The molecule has 110 valence electrons. The third-order valence-corrected chi connectivity index (χ3v) is 3.54. The van der Waals surface area contributed by atoms with Crippen LogP contribution in [-0.4, -0.2) is 49.0 Å². The fourth-order valence-electron chi connectivity index (χ4n) is 1.92. The van der Waals surface area contributed by atoms with Crippen molar-refractivity contribution in [3.63, 3.8) is 0 Å². The van der Waals surface area contributed by atoms with Crippen LogP contribution >= 0.6 is 0 Å². The Morgan fingerprint density at radius 1 is 1.26 bits per heavy atom. The second-order valence-electron chi connectivity index (χ2n) is 5.46. The van der Waals surface area contributed by atoms with Gasteiger partial charge in [0.05, 0.1) is 0 Å². The Morgan fingerprint density at radius 3 is 2.42 bits per heavy atom. The zero-order valence-electron chi connectivity index (χ0n) is 12.7. The number of nitrogens with zero attached hydrogens (tertiary/aromatic N) is 2. The number of nitrogens with one attached hydrogen (secondary N) is 2. The summed E-state index contributed by atoms with van der Waals surface area (Å²) in [5.74, 6) is 1.39. The molecule has 1 saturated heterocycles. The van der Waals surface area contributed by atoms with Crippen molar-refractivity contribution in [1.82, 2.24) is 15.5 Å². The van der Waals surface area contributed by atoms with Gasteiger partial charge in [-0.25, -0.2) is 4.99 Å². The van der Waals surface area contributed by atoms with Crippen LogP contribution in [0.3, 0.4) is 0 Å². The molecule has 1 rings (SSSR count). The van der Waals surface area contributed by atoms with E-state index in [1.54, 1.807) is 0 Å². The molecular weight excluding hydrogens is 240 g/mol. The number of hydrogen-bond donors (Lipinski definition) is 2. The first-order valence-electron chi connectivity index (χ1n) is 7.37. The van der Waals surface area contributed by atoms with Gasteiger partial charge in [0.15, 0.2) is 5.96 Å². The van der Waals surface area contributed by atoms with Crippen molar-refractivity contribution in [1.29, 1.82) is 0 Å². The highest BCUT2D eigenvalue weighted by atomic mass is 16.2. The fraction of sp³-hybridized carbons (Fsp3) is 0.857. The average Bonchev–Trinajstić information content (AvgIpc) is 2.89. The van der Waals surface area contributed by atoms with Crippen LogP contribution in [0.15, 0.2) is 4.99 Å². The zero-order chi connectivity index (χ0) is 14.3. The number of amides is 1. The van der Waals surface area contributed by atoms with E-state index in [2.05, 4.69) is 36.4 Å². The quantitative estimate of drug-likeness (QED) is 0.582. The van der Waals surface area contributed by atoms with Crippen LogP contribution in [0.2, 0.25) is 0 Å². The summed E-state index contributed by atoms with van der Waals surface area (Å²) in [5.41, 5.74) is 0. The zero-order valence-corrected chi connectivity index (χ0v) is 12.7. The second-order valence-corrected chi connectivity index (χ2v) is 5.46. The monoisotopic (exact) mass is 268 g/mol. The summed E-state index contributed by atoms with van der Waals surface area (Å²) < 4.78 is 0. The van der Waals surface area contributed by atoms with Crippen molar-refractivity contribution in [3.05, 3.63) is 0 Å². The van der Waals surface area contributed by atoms with Gasteiger partial charge in [0.1, 0.15) is 6.54 Å². The van der Waals surface area contributed by atoms with E-state index >= 15 is 0 Å². The molecule has 1 heterocycles. The lowest BCUT2D eigenvalue weighted by atomic mass is 10.1. The smallest absolute Gasteiger partial charge is 0.244 e. The van der Waals surface area contributed by atoms with E-state index in [9.17, 15) is 4.79 Å². The van der Waals surface area contributed by atoms with E-state index in [0.717, 1.165) is 38.4 Å². The minimum atomic E-state index is 0.131. The summed E-state index contributed by atoms with van der Waals surface area (Å²) in [6.45, 7) is 11.3. The first-order chi connectivity index (χ1) is 9.04. The second kappa shape index (κ2) is 8.02. The van der Waals surface area contributed by atoms with Crippen LogP contribution < -0.4 is 10.6 Å². The number of likely N-dealkylation sites (tertiary alicyclic amines) is 1. The van der Waals surface area contributed by atoms with Crippen molar-refractivity contribution in [2.75, 3.05) is 26.2 Å². The van der Waals surface area contributed by atoms with Gasteiger partial charge in [0.25, 0.3) is 0 Å². The molecule has 0 radical (unpaired) electrons. The maximum atomic E-state index is 11.9. The van der Waals surface area contributed by atoms with Crippen LogP contribution in [0.5, 0.6) is 0 Å². The molecule has 0 spiro atoms. The van der Waals surface area contributed by atoms with Gasteiger partial charge in [-0.15, -0.1) is 0 Å². The molecule has 5 nitrogen and oxygen atoms in total. The van der Waals surface area contributed by atoms with E-state index in [4.69, 9.17) is 0 Å². The molecule has 1 aliphatic rings. The molecule has 0 aliphatic carbocycles. The van der Waals surface area contributed by atoms with E-state index in [1.165, 1.54) is 0 Å².